The number of hydrogen-bond acceptors (Lipinski definition) is 5. The topological polar surface area (TPSA) is 84.9 Å². The van der Waals surface area contributed by atoms with Crippen molar-refractivity contribution in [3.05, 3.63) is 35.1 Å². The van der Waals surface area contributed by atoms with Crippen LogP contribution in [0.3, 0.4) is 0 Å². The number of halogens is 3. The normalized spacial score (nSPS) is 26.7. The molecule has 0 unspecified atom stereocenters. The monoisotopic (exact) mass is 478 g/mol. The third-order valence-corrected chi connectivity index (χ3v) is 6.95. The number of ether oxygens (including phenoxy) is 2. The van der Waals surface area contributed by atoms with Crippen LogP contribution < -0.4 is 4.72 Å². The molecular weight excluding hydrogens is 449 g/mol. The fourth-order valence-corrected chi connectivity index (χ4v) is 5.51. The number of nitrogens with zero attached hydrogens (tertiary/aromatic N) is 1. The largest absolute Gasteiger partial charge is 0.453 e. The molecule has 1 aliphatic heterocycles. The quantitative estimate of drug-likeness (QED) is 0.635. The van der Waals surface area contributed by atoms with Gasteiger partial charge in [0.15, 0.2) is 11.6 Å². The van der Waals surface area contributed by atoms with Crippen molar-refractivity contribution in [2.75, 3.05) is 26.5 Å². The second-order valence-corrected chi connectivity index (χ2v) is 10.2. The van der Waals surface area contributed by atoms with Crippen molar-refractivity contribution in [2.24, 2.45) is 0 Å². The Bertz CT molecular complexity index is 922. The van der Waals surface area contributed by atoms with Crippen molar-refractivity contribution >= 4 is 16.1 Å². The summed E-state index contributed by atoms with van der Waals surface area (Å²) in [7, 11) is -2.23. The van der Waals surface area contributed by atoms with Crippen LogP contribution in [0.2, 0.25) is 0 Å². The lowest BCUT2D eigenvalue weighted by atomic mass is 9.82. The van der Waals surface area contributed by atoms with E-state index in [0.717, 1.165) is 18.4 Å². The molecule has 1 aromatic carbocycles. The van der Waals surface area contributed by atoms with Gasteiger partial charge in [-0.05, 0) is 56.6 Å². The van der Waals surface area contributed by atoms with Gasteiger partial charge in [-0.3, -0.25) is 0 Å². The molecule has 3 rings (SSSR count). The number of likely N-dealkylation sites (tertiary alicyclic amines) is 1. The fourth-order valence-electron chi connectivity index (χ4n) is 4.69. The Balaban J connectivity index is 1.63. The molecule has 1 aliphatic carbocycles. The zero-order valence-corrected chi connectivity index (χ0v) is 19.0. The molecule has 0 aromatic heterocycles. The van der Waals surface area contributed by atoms with Crippen molar-refractivity contribution in [2.45, 2.75) is 62.6 Å². The Labute approximate surface area is 186 Å². The van der Waals surface area contributed by atoms with E-state index in [4.69, 9.17) is 9.47 Å². The number of methoxy groups -OCH3 is 1. The number of nitrogens with one attached hydrogen (secondary N) is 1. The standard InChI is InChI=1S/C21H29F3N2O5S/c1-30-21(27)26-11-3-4-17(25-32(2,28)29)18(26)12-31-14-7-5-13(6-8-14)19-15(22)9-10-16(23)20(19)24/h9-10,13-14,17-18,25H,3-8,11-12H2,1-2H3/t13-,14+,17-,18-/m0/s1. The summed E-state index contributed by atoms with van der Waals surface area (Å²) in [5.41, 5.74) is -0.218. The number of benzene rings is 1. The highest BCUT2D eigenvalue weighted by Crippen LogP contribution is 2.37. The molecule has 11 heteroatoms. The van der Waals surface area contributed by atoms with Gasteiger partial charge in [0.2, 0.25) is 10.0 Å². The molecule has 2 aliphatic rings. The van der Waals surface area contributed by atoms with Gasteiger partial charge in [-0.1, -0.05) is 0 Å². The summed E-state index contributed by atoms with van der Waals surface area (Å²) in [6.45, 7) is 0.522. The van der Waals surface area contributed by atoms with E-state index >= 15 is 0 Å². The molecular formula is C21H29F3N2O5S. The van der Waals surface area contributed by atoms with Crippen molar-refractivity contribution in [3.63, 3.8) is 0 Å². The van der Waals surface area contributed by atoms with E-state index in [1.54, 1.807) is 0 Å². The number of rotatable bonds is 6. The fraction of sp³-hybridized carbons (Fsp3) is 0.667. The number of carbonyl (C=O) groups excluding carboxylic acids is 1. The highest BCUT2D eigenvalue weighted by atomic mass is 32.2. The van der Waals surface area contributed by atoms with Gasteiger partial charge in [-0.15, -0.1) is 0 Å². The molecule has 32 heavy (non-hydrogen) atoms. The summed E-state index contributed by atoms with van der Waals surface area (Å²) in [6, 6.07) is 0.669. The van der Waals surface area contributed by atoms with E-state index in [2.05, 4.69) is 4.72 Å². The Morgan fingerprint density at radius 1 is 1.12 bits per heavy atom. The van der Waals surface area contributed by atoms with Crippen LogP contribution in [0.4, 0.5) is 18.0 Å². The van der Waals surface area contributed by atoms with E-state index in [1.165, 1.54) is 12.0 Å². The van der Waals surface area contributed by atoms with Crippen molar-refractivity contribution < 1.29 is 35.9 Å². The van der Waals surface area contributed by atoms with Crippen LogP contribution in [-0.4, -0.2) is 64.1 Å². The van der Waals surface area contributed by atoms with Gasteiger partial charge >= 0.3 is 6.09 Å². The lowest BCUT2D eigenvalue weighted by molar-refractivity contribution is -0.0247. The first-order valence-electron chi connectivity index (χ1n) is 10.7. The number of hydrogen-bond donors (Lipinski definition) is 1. The summed E-state index contributed by atoms with van der Waals surface area (Å²) in [5, 5.41) is 0. The molecule has 1 heterocycles. The molecule has 2 fully saturated rings. The lowest BCUT2D eigenvalue weighted by Crippen LogP contribution is -2.59. The third kappa shape index (κ3) is 5.93. The summed E-state index contributed by atoms with van der Waals surface area (Å²) < 4.78 is 78.7. The molecule has 180 valence electrons. The van der Waals surface area contributed by atoms with E-state index < -0.39 is 51.6 Å². The van der Waals surface area contributed by atoms with E-state index in [1.807, 2.05) is 0 Å². The van der Waals surface area contributed by atoms with Crippen LogP contribution in [0, 0.1) is 17.5 Å². The molecule has 1 amide bonds. The SMILES string of the molecule is COC(=O)N1CCC[C@H](NS(C)(=O)=O)[C@@H]1CO[C@H]1CC[C@@H](c2c(F)ccc(F)c2F)CC1. The first-order valence-corrected chi connectivity index (χ1v) is 12.6. The summed E-state index contributed by atoms with van der Waals surface area (Å²) in [6.07, 6.45) is 3.34. The Morgan fingerprint density at radius 2 is 1.78 bits per heavy atom. The molecule has 0 radical (unpaired) electrons. The number of sulfonamides is 1. The van der Waals surface area contributed by atoms with Gasteiger partial charge in [0, 0.05) is 18.2 Å². The van der Waals surface area contributed by atoms with Gasteiger partial charge in [0.25, 0.3) is 0 Å². The molecule has 0 spiro atoms. The van der Waals surface area contributed by atoms with Gasteiger partial charge in [0.1, 0.15) is 5.82 Å². The Morgan fingerprint density at radius 3 is 2.41 bits per heavy atom. The lowest BCUT2D eigenvalue weighted by Gasteiger charge is -2.41. The second kappa shape index (κ2) is 10.4. The maximum atomic E-state index is 14.1. The van der Waals surface area contributed by atoms with Crippen molar-refractivity contribution in [3.8, 4) is 0 Å². The van der Waals surface area contributed by atoms with Crippen molar-refractivity contribution in [1.82, 2.24) is 9.62 Å². The third-order valence-electron chi connectivity index (χ3n) is 6.22. The van der Waals surface area contributed by atoms with Crippen LogP contribution >= 0.6 is 0 Å². The average molecular weight is 479 g/mol. The maximum absolute atomic E-state index is 14.1. The minimum atomic E-state index is -3.49. The Kier molecular flexibility index (Phi) is 8.05. The summed E-state index contributed by atoms with van der Waals surface area (Å²) >= 11 is 0. The highest BCUT2D eigenvalue weighted by Gasteiger charge is 2.37. The molecule has 1 saturated heterocycles. The Hall–Kier alpha value is -1.85. The average Bonchev–Trinajstić information content (AvgIpc) is 2.75. The highest BCUT2D eigenvalue weighted by molar-refractivity contribution is 7.88. The van der Waals surface area contributed by atoms with Crippen LogP contribution in [0.5, 0.6) is 0 Å². The predicted molar refractivity (Wildman–Crippen MR) is 111 cm³/mol. The minimum Gasteiger partial charge on any atom is -0.453 e. The first kappa shape index (κ1) is 24.8. The molecule has 1 saturated carbocycles. The van der Waals surface area contributed by atoms with E-state index in [-0.39, 0.29) is 18.3 Å². The molecule has 2 atom stereocenters. The molecule has 7 nitrogen and oxygen atoms in total. The minimum absolute atomic E-state index is 0.0975. The van der Waals surface area contributed by atoms with Crippen LogP contribution in [0.25, 0.3) is 0 Å². The van der Waals surface area contributed by atoms with Crippen LogP contribution in [-0.2, 0) is 19.5 Å². The van der Waals surface area contributed by atoms with E-state index in [9.17, 15) is 26.4 Å². The van der Waals surface area contributed by atoms with Crippen LogP contribution in [0.1, 0.15) is 50.0 Å². The zero-order valence-electron chi connectivity index (χ0n) is 18.2. The maximum Gasteiger partial charge on any atom is 0.409 e. The van der Waals surface area contributed by atoms with Gasteiger partial charge in [-0.25, -0.2) is 31.1 Å². The van der Waals surface area contributed by atoms with E-state index in [0.29, 0.717) is 45.1 Å². The number of piperidine rings is 1. The molecule has 1 aromatic rings. The smallest absolute Gasteiger partial charge is 0.409 e. The zero-order chi connectivity index (χ0) is 23.5. The van der Waals surface area contributed by atoms with Gasteiger partial charge < -0.3 is 14.4 Å². The number of carbonyl (C=O) groups is 1. The van der Waals surface area contributed by atoms with Crippen LogP contribution in [0.15, 0.2) is 12.1 Å². The molecule has 1 N–H and O–H groups in total. The second-order valence-electron chi connectivity index (χ2n) is 8.43. The van der Waals surface area contributed by atoms with Gasteiger partial charge in [0.05, 0.1) is 32.1 Å². The summed E-state index contributed by atoms with van der Waals surface area (Å²) in [5.74, 6) is -3.39. The predicted octanol–water partition coefficient (Wildman–Crippen LogP) is 3.30. The first-order chi connectivity index (χ1) is 15.1. The van der Waals surface area contributed by atoms with Crippen molar-refractivity contribution in [1.29, 1.82) is 0 Å². The number of amides is 1. The van der Waals surface area contributed by atoms with Gasteiger partial charge in [-0.2, -0.15) is 0 Å². The molecule has 0 bridgehead atoms. The summed E-state index contributed by atoms with van der Waals surface area (Å²) in [4.78, 5) is 13.7.